The van der Waals surface area contributed by atoms with Crippen LogP contribution in [0.4, 0.5) is 0 Å². The van der Waals surface area contributed by atoms with E-state index in [-0.39, 0.29) is 5.90 Å². The van der Waals surface area contributed by atoms with Gasteiger partial charge in [0.05, 0.1) is 0 Å². The minimum atomic E-state index is -1.28. The van der Waals surface area contributed by atoms with Crippen LogP contribution >= 0.6 is 0 Å². The van der Waals surface area contributed by atoms with Gasteiger partial charge >= 0.3 is 11.9 Å². The molecule has 1 aliphatic carbocycles. The Hall–Kier alpha value is -2.43. The number of esters is 2. The van der Waals surface area contributed by atoms with Crippen molar-refractivity contribution in [1.82, 2.24) is 0 Å². The van der Waals surface area contributed by atoms with Gasteiger partial charge in [0.15, 0.2) is 5.60 Å². The average molecular weight is 313 g/mol. The highest BCUT2D eigenvalue weighted by atomic mass is 16.6. The standard InChI is InChI=1S/C18H19NO4/c1-13(20)23-18(11-7-4-8-12-18)17(2)16(21)22-15(19-17)14-9-5-3-6-10-14/h3,5-7,9-11H,4,8,12H2,1-2H3/t17-,18-/m1/s1. The Kier molecular flexibility index (Phi) is 3.80. The molecular formula is C18H19NO4. The van der Waals surface area contributed by atoms with Gasteiger partial charge < -0.3 is 9.47 Å². The highest BCUT2D eigenvalue weighted by molar-refractivity contribution is 6.08. The second kappa shape index (κ2) is 5.65. The van der Waals surface area contributed by atoms with Gasteiger partial charge in [-0.2, -0.15) is 0 Å². The number of cyclic esters (lactones) is 1. The third-order valence-electron chi connectivity index (χ3n) is 4.39. The molecule has 1 aromatic carbocycles. The van der Waals surface area contributed by atoms with Crippen LogP contribution in [0.2, 0.25) is 0 Å². The van der Waals surface area contributed by atoms with E-state index >= 15 is 0 Å². The normalized spacial score (nSPS) is 29.8. The number of aliphatic imine (C=N–C) groups is 1. The molecule has 1 aliphatic heterocycles. The maximum Gasteiger partial charge on any atom is 0.345 e. The molecule has 0 fully saturated rings. The molecule has 0 saturated carbocycles. The minimum absolute atomic E-state index is 0.267. The van der Waals surface area contributed by atoms with Gasteiger partial charge in [0, 0.05) is 12.5 Å². The van der Waals surface area contributed by atoms with Crippen molar-refractivity contribution in [3.05, 3.63) is 48.0 Å². The quantitative estimate of drug-likeness (QED) is 0.636. The Bertz CT molecular complexity index is 694. The number of allylic oxidation sites excluding steroid dienone is 1. The van der Waals surface area contributed by atoms with E-state index in [1.54, 1.807) is 13.0 Å². The third kappa shape index (κ3) is 2.56. The molecule has 5 nitrogen and oxygen atoms in total. The number of benzene rings is 1. The zero-order valence-corrected chi connectivity index (χ0v) is 13.2. The lowest BCUT2D eigenvalue weighted by molar-refractivity contribution is -0.165. The Balaban J connectivity index is 2.06. The molecule has 1 heterocycles. The Labute approximate surface area is 135 Å². The highest BCUT2D eigenvalue weighted by Crippen LogP contribution is 2.42. The summed E-state index contributed by atoms with van der Waals surface area (Å²) in [6, 6.07) is 9.23. The molecular weight excluding hydrogens is 294 g/mol. The third-order valence-corrected chi connectivity index (χ3v) is 4.39. The number of rotatable bonds is 3. The fourth-order valence-electron chi connectivity index (χ4n) is 3.12. The van der Waals surface area contributed by atoms with Crippen molar-refractivity contribution in [2.24, 2.45) is 4.99 Å². The van der Waals surface area contributed by atoms with Crippen LogP contribution in [0.3, 0.4) is 0 Å². The van der Waals surface area contributed by atoms with Crippen molar-refractivity contribution >= 4 is 17.8 Å². The summed E-state index contributed by atoms with van der Waals surface area (Å²) in [5.74, 6) is -0.665. The lowest BCUT2D eigenvalue weighted by atomic mass is 9.75. The predicted molar refractivity (Wildman–Crippen MR) is 85.0 cm³/mol. The summed E-state index contributed by atoms with van der Waals surface area (Å²) in [6.45, 7) is 3.01. The zero-order valence-electron chi connectivity index (χ0n) is 13.2. The van der Waals surface area contributed by atoms with Gasteiger partial charge in [0.1, 0.15) is 0 Å². The zero-order chi connectivity index (χ0) is 16.5. The Morgan fingerprint density at radius 1 is 1.30 bits per heavy atom. The summed E-state index contributed by atoms with van der Waals surface area (Å²) >= 11 is 0. The van der Waals surface area contributed by atoms with Crippen LogP contribution in [0.5, 0.6) is 0 Å². The molecule has 23 heavy (non-hydrogen) atoms. The summed E-state index contributed by atoms with van der Waals surface area (Å²) in [7, 11) is 0. The van der Waals surface area contributed by atoms with Crippen molar-refractivity contribution in [3.63, 3.8) is 0 Å². The smallest absolute Gasteiger partial charge is 0.345 e. The molecule has 2 aliphatic rings. The van der Waals surface area contributed by atoms with E-state index in [0.29, 0.717) is 6.42 Å². The summed E-state index contributed by atoms with van der Waals surface area (Å²) in [5, 5.41) is 0. The van der Waals surface area contributed by atoms with E-state index in [1.165, 1.54) is 6.92 Å². The maximum absolute atomic E-state index is 12.6. The molecule has 5 heteroatoms. The summed E-state index contributed by atoms with van der Waals surface area (Å²) in [5.41, 5.74) is -1.65. The van der Waals surface area contributed by atoms with Crippen molar-refractivity contribution in [3.8, 4) is 0 Å². The first-order valence-electron chi connectivity index (χ1n) is 7.72. The predicted octanol–water partition coefficient (Wildman–Crippen LogP) is 2.79. The number of nitrogens with zero attached hydrogens (tertiary/aromatic N) is 1. The molecule has 0 radical (unpaired) electrons. The van der Waals surface area contributed by atoms with Gasteiger partial charge in [0.2, 0.25) is 11.4 Å². The Morgan fingerprint density at radius 3 is 2.65 bits per heavy atom. The first-order valence-corrected chi connectivity index (χ1v) is 7.72. The monoisotopic (exact) mass is 313 g/mol. The van der Waals surface area contributed by atoms with Crippen molar-refractivity contribution < 1.29 is 19.1 Å². The molecule has 0 saturated heterocycles. The molecule has 0 spiro atoms. The number of carbonyl (C=O) groups excluding carboxylic acids is 2. The molecule has 120 valence electrons. The fraction of sp³-hybridized carbons (Fsp3) is 0.389. The van der Waals surface area contributed by atoms with Crippen molar-refractivity contribution in [2.45, 2.75) is 44.2 Å². The van der Waals surface area contributed by atoms with E-state index in [4.69, 9.17) is 9.47 Å². The van der Waals surface area contributed by atoms with E-state index < -0.39 is 23.1 Å². The molecule has 0 N–H and O–H groups in total. The second-order valence-corrected chi connectivity index (χ2v) is 6.02. The summed E-state index contributed by atoms with van der Waals surface area (Å²) in [4.78, 5) is 28.8. The van der Waals surface area contributed by atoms with Gasteiger partial charge in [-0.3, -0.25) is 4.79 Å². The lowest BCUT2D eigenvalue weighted by Crippen LogP contribution is -2.56. The van der Waals surface area contributed by atoms with E-state index in [9.17, 15) is 9.59 Å². The van der Waals surface area contributed by atoms with E-state index in [2.05, 4.69) is 4.99 Å². The topological polar surface area (TPSA) is 65.0 Å². The van der Waals surface area contributed by atoms with Gasteiger partial charge in [-0.25, -0.2) is 9.79 Å². The molecule has 0 aromatic heterocycles. The van der Waals surface area contributed by atoms with Crippen LogP contribution in [0.25, 0.3) is 0 Å². The van der Waals surface area contributed by atoms with Crippen LogP contribution in [-0.4, -0.2) is 29.0 Å². The largest absolute Gasteiger partial charge is 0.452 e. The van der Waals surface area contributed by atoms with Crippen LogP contribution in [0.15, 0.2) is 47.5 Å². The van der Waals surface area contributed by atoms with E-state index in [1.807, 2.05) is 36.4 Å². The highest BCUT2D eigenvalue weighted by Gasteiger charge is 2.59. The van der Waals surface area contributed by atoms with Crippen molar-refractivity contribution in [2.75, 3.05) is 0 Å². The maximum atomic E-state index is 12.6. The SMILES string of the molecule is CC(=O)O[C@]1([C@]2(C)N=C(c3ccccc3)OC2=O)C=CCCC1. The minimum Gasteiger partial charge on any atom is -0.452 e. The van der Waals surface area contributed by atoms with Crippen LogP contribution in [0.1, 0.15) is 38.7 Å². The number of hydrogen-bond acceptors (Lipinski definition) is 5. The number of hydrogen-bond donors (Lipinski definition) is 0. The summed E-state index contributed by atoms with van der Waals surface area (Å²) in [6.07, 6.45) is 5.98. The summed E-state index contributed by atoms with van der Waals surface area (Å²) < 4.78 is 11.0. The fourth-order valence-corrected chi connectivity index (χ4v) is 3.12. The average Bonchev–Trinajstić information content (AvgIpc) is 2.86. The molecule has 1 aromatic rings. The van der Waals surface area contributed by atoms with Gasteiger partial charge in [-0.1, -0.05) is 24.3 Å². The van der Waals surface area contributed by atoms with Crippen molar-refractivity contribution in [1.29, 1.82) is 0 Å². The lowest BCUT2D eigenvalue weighted by Gasteiger charge is -2.40. The molecule has 0 amide bonds. The van der Waals surface area contributed by atoms with Crippen LogP contribution in [0, 0.1) is 0 Å². The molecule has 2 atom stereocenters. The molecule has 0 bridgehead atoms. The Morgan fingerprint density at radius 2 is 2.04 bits per heavy atom. The van der Waals surface area contributed by atoms with Gasteiger partial charge in [0.25, 0.3) is 0 Å². The molecule has 3 rings (SSSR count). The number of ether oxygens (including phenoxy) is 2. The van der Waals surface area contributed by atoms with Gasteiger partial charge in [-0.05, 0) is 44.4 Å². The first-order chi connectivity index (χ1) is 11.0. The van der Waals surface area contributed by atoms with Gasteiger partial charge in [-0.15, -0.1) is 0 Å². The van der Waals surface area contributed by atoms with Crippen LogP contribution in [-0.2, 0) is 19.1 Å². The first kappa shape index (κ1) is 15.5. The second-order valence-electron chi connectivity index (χ2n) is 6.02. The molecule has 0 unspecified atom stereocenters. The van der Waals surface area contributed by atoms with Crippen LogP contribution < -0.4 is 0 Å². The number of carbonyl (C=O) groups is 2. The van der Waals surface area contributed by atoms with E-state index in [0.717, 1.165) is 18.4 Å².